The molecule has 0 aliphatic rings. The Bertz CT molecular complexity index is 486. The lowest BCUT2D eigenvalue weighted by molar-refractivity contribution is -0.116. The predicted octanol–water partition coefficient (Wildman–Crippen LogP) is 1.72. The van der Waals surface area contributed by atoms with Crippen LogP contribution in [0.3, 0.4) is 0 Å². The Kier molecular flexibility index (Phi) is 5.99. The minimum absolute atomic E-state index is 0.0620. The summed E-state index contributed by atoms with van der Waals surface area (Å²) in [6.45, 7) is 4.61. The van der Waals surface area contributed by atoms with Gasteiger partial charge in [-0.05, 0) is 12.1 Å². The van der Waals surface area contributed by atoms with Crippen molar-refractivity contribution in [2.24, 2.45) is 0 Å². The largest absolute Gasteiger partial charge is 0.496 e. The number of hydrogen-bond acceptors (Lipinski definition) is 4. The van der Waals surface area contributed by atoms with Gasteiger partial charge in [-0.2, -0.15) is 0 Å². The summed E-state index contributed by atoms with van der Waals surface area (Å²) >= 11 is 0. The van der Waals surface area contributed by atoms with E-state index < -0.39 is 5.97 Å². The Balaban J connectivity index is 2.64. The summed E-state index contributed by atoms with van der Waals surface area (Å²) in [5.41, 5.74) is 0.577. The van der Waals surface area contributed by atoms with E-state index in [1.54, 1.807) is 6.07 Å². The Morgan fingerprint density at radius 2 is 2.05 bits per heavy atom. The summed E-state index contributed by atoms with van der Waals surface area (Å²) in [5.74, 6) is -0.986. The molecule has 0 fully saturated rings. The number of ether oxygens (including phenoxy) is 1. The van der Waals surface area contributed by atoms with E-state index in [0.717, 1.165) is 0 Å². The second-order valence-corrected chi connectivity index (χ2v) is 4.63. The van der Waals surface area contributed by atoms with Crippen LogP contribution in [-0.2, 0) is 4.79 Å². The zero-order chi connectivity index (χ0) is 15.1. The van der Waals surface area contributed by atoms with Crippen molar-refractivity contribution in [3.63, 3.8) is 0 Å². The quantitative estimate of drug-likeness (QED) is 0.708. The van der Waals surface area contributed by atoms with Crippen molar-refractivity contribution in [1.29, 1.82) is 0 Å². The van der Waals surface area contributed by atoms with Gasteiger partial charge in [-0.1, -0.05) is 13.8 Å². The molecule has 0 heterocycles. The smallest absolute Gasteiger partial charge is 0.339 e. The van der Waals surface area contributed by atoms with Gasteiger partial charge in [0.05, 0.1) is 7.11 Å². The van der Waals surface area contributed by atoms with Crippen LogP contribution in [0.2, 0.25) is 0 Å². The highest BCUT2D eigenvalue weighted by atomic mass is 16.5. The summed E-state index contributed by atoms with van der Waals surface area (Å²) < 4.78 is 5.00. The average Bonchev–Trinajstić information content (AvgIpc) is 2.37. The van der Waals surface area contributed by atoms with Gasteiger partial charge in [0.25, 0.3) is 0 Å². The maximum Gasteiger partial charge on any atom is 0.339 e. The molecule has 20 heavy (non-hydrogen) atoms. The molecule has 0 aliphatic heterocycles. The van der Waals surface area contributed by atoms with Gasteiger partial charge in [0.2, 0.25) is 5.91 Å². The Morgan fingerprint density at radius 1 is 1.35 bits per heavy atom. The SMILES string of the molecule is COc1cc(NC(=O)CCNC(C)C)ccc1C(=O)O. The second-order valence-electron chi connectivity index (χ2n) is 4.63. The molecule has 1 aromatic rings. The number of anilines is 1. The maximum absolute atomic E-state index is 11.7. The highest BCUT2D eigenvalue weighted by Crippen LogP contribution is 2.23. The third-order valence-electron chi connectivity index (χ3n) is 2.62. The van der Waals surface area contributed by atoms with Gasteiger partial charge in [-0.25, -0.2) is 4.79 Å². The molecule has 1 amide bonds. The number of hydrogen-bond donors (Lipinski definition) is 3. The van der Waals surface area contributed by atoms with E-state index in [0.29, 0.717) is 24.7 Å². The normalized spacial score (nSPS) is 10.4. The molecular formula is C14H20N2O4. The number of nitrogens with one attached hydrogen (secondary N) is 2. The number of benzene rings is 1. The van der Waals surface area contributed by atoms with E-state index in [1.165, 1.54) is 19.2 Å². The molecule has 0 saturated heterocycles. The van der Waals surface area contributed by atoms with Crippen molar-refractivity contribution in [3.05, 3.63) is 23.8 Å². The summed E-state index contributed by atoms with van der Waals surface area (Å²) in [6.07, 6.45) is 0.348. The number of amides is 1. The van der Waals surface area contributed by atoms with Gasteiger partial charge >= 0.3 is 5.97 Å². The molecule has 6 nitrogen and oxygen atoms in total. The van der Waals surface area contributed by atoms with Crippen LogP contribution in [0.15, 0.2) is 18.2 Å². The number of carboxylic acid groups (broad SMARTS) is 1. The van der Waals surface area contributed by atoms with Crippen molar-refractivity contribution < 1.29 is 19.4 Å². The summed E-state index contributed by atoms with van der Waals surface area (Å²) in [4.78, 5) is 22.6. The predicted molar refractivity (Wildman–Crippen MR) is 76.3 cm³/mol. The van der Waals surface area contributed by atoms with Crippen molar-refractivity contribution in [1.82, 2.24) is 5.32 Å². The van der Waals surface area contributed by atoms with Crippen molar-refractivity contribution in [2.75, 3.05) is 19.0 Å². The van der Waals surface area contributed by atoms with Crippen LogP contribution in [-0.4, -0.2) is 36.7 Å². The summed E-state index contributed by atoms with van der Waals surface area (Å²) in [7, 11) is 1.39. The molecule has 0 saturated carbocycles. The molecule has 3 N–H and O–H groups in total. The molecule has 1 aromatic carbocycles. The van der Waals surface area contributed by atoms with E-state index in [4.69, 9.17) is 9.84 Å². The summed E-state index contributed by atoms with van der Waals surface area (Å²) in [5, 5.41) is 14.8. The van der Waals surface area contributed by atoms with E-state index in [1.807, 2.05) is 13.8 Å². The molecule has 0 atom stereocenters. The monoisotopic (exact) mass is 280 g/mol. The highest BCUT2D eigenvalue weighted by Gasteiger charge is 2.12. The third-order valence-corrected chi connectivity index (χ3v) is 2.62. The lowest BCUT2D eigenvalue weighted by atomic mass is 10.2. The van der Waals surface area contributed by atoms with Gasteiger partial charge in [0, 0.05) is 30.8 Å². The van der Waals surface area contributed by atoms with Crippen LogP contribution in [0.25, 0.3) is 0 Å². The van der Waals surface area contributed by atoms with Crippen LogP contribution in [0.4, 0.5) is 5.69 Å². The number of methoxy groups -OCH3 is 1. The molecule has 0 bridgehead atoms. The molecule has 0 spiro atoms. The van der Waals surface area contributed by atoms with Gasteiger partial charge in [0.1, 0.15) is 11.3 Å². The molecule has 1 rings (SSSR count). The number of rotatable bonds is 7. The summed E-state index contributed by atoms with van der Waals surface area (Å²) in [6, 6.07) is 4.78. The van der Waals surface area contributed by atoms with E-state index in [9.17, 15) is 9.59 Å². The Hall–Kier alpha value is -2.08. The standard InChI is InChI=1S/C14H20N2O4/c1-9(2)15-7-6-13(17)16-10-4-5-11(14(18)19)12(8-10)20-3/h4-5,8-9,15H,6-7H2,1-3H3,(H,16,17)(H,18,19). The topological polar surface area (TPSA) is 87.7 Å². The number of carbonyl (C=O) groups is 2. The van der Waals surface area contributed by atoms with E-state index in [2.05, 4.69) is 10.6 Å². The van der Waals surface area contributed by atoms with Crippen LogP contribution < -0.4 is 15.4 Å². The minimum Gasteiger partial charge on any atom is -0.496 e. The van der Waals surface area contributed by atoms with Crippen molar-refractivity contribution in [3.8, 4) is 5.75 Å². The third kappa shape index (κ3) is 4.89. The minimum atomic E-state index is -1.07. The van der Waals surface area contributed by atoms with Crippen LogP contribution in [0.5, 0.6) is 5.75 Å². The Morgan fingerprint density at radius 3 is 2.60 bits per heavy atom. The van der Waals surface area contributed by atoms with E-state index >= 15 is 0 Å². The van der Waals surface area contributed by atoms with Crippen molar-refractivity contribution in [2.45, 2.75) is 26.3 Å². The lowest BCUT2D eigenvalue weighted by Gasteiger charge is -2.10. The fraction of sp³-hybridized carbons (Fsp3) is 0.429. The first-order valence-corrected chi connectivity index (χ1v) is 6.38. The number of carbonyl (C=O) groups excluding carboxylic acids is 1. The first-order chi connectivity index (χ1) is 9.43. The van der Waals surface area contributed by atoms with Crippen LogP contribution in [0.1, 0.15) is 30.6 Å². The van der Waals surface area contributed by atoms with Crippen LogP contribution in [0, 0.1) is 0 Å². The first kappa shape index (κ1) is 16.0. The van der Waals surface area contributed by atoms with Crippen molar-refractivity contribution >= 4 is 17.6 Å². The fourth-order valence-electron chi connectivity index (χ4n) is 1.64. The molecule has 0 unspecified atom stereocenters. The lowest BCUT2D eigenvalue weighted by Crippen LogP contribution is -2.27. The zero-order valence-corrected chi connectivity index (χ0v) is 11.9. The number of carboxylic acids is 1. The molecule has 110 valence electrons. The van der Waals surface area contributed by atoms with Gasteiger partial charge in [-0.15, -0.1) is 0 Å². The zero-order valence-electron chi connectivity index (χ0n) is 11.9. The Labute approximate surface area is 118 Å². The highest BCUT2D eigenvalue weighted by molar-refractivity contribution is 5.94. The molecule has 0 aromatic heterocycles. The molecule has 0 aliphatic carbocycles. The van der Waals surface area contributed by atoms with Gasteiger partial charge < -0.3 is 20.5 Å². The van der Waals surface area contributed by atoms with Gasteiger partial charge in [0.15, 0.2) is 0 Å². The number of aromatic carboxylic acids is 1. The molecule has 6 heteroatoms. The first-order valence-electron chi connectivity index (χ1n) is 6.38. The fourth-order valence-corrected chi connectivity index (χ4v) is 1.64. The average molecular weight is 280 g/mol. The second kappa shape index (κ2) is 7.49. The molecule has 0 radical (unpaired) electrons. The van der Waals surface area contributed by atoms with Crippen LogP contribution >= 0.6 is 0 Å². The maximum atomic E-state index is 11.7. The van der Waals surface area contributed by atoms with E-state index in [-0.39, 0.29) is 17.2 Å². The van der Waals surface area contributed by atoms with Gasteiger partial charge in [-0.3, -0.25) is 4.79 Å². The molecular weight excluding hydrogens is 260 g/mol.